The van der Waals surface area contributed by atoms with Gasteiger partial charge in [-0.25, -0.2) is 9.67 Å². The van der Waals surface area contributed by atoms with E-state index in [2.05, 4.69) is 25.7 Å². The van der Waals surface area contributed by atoms with Gasteiger partial charge in [-0.2, -0.15) is 10.1 Å². The quantitative estimate of drug-likeness (QED) is 0.828. The lowest BCUT2D eigenvalue weighted by atomic mass is 9.98. The number of pyridine rings is 1. The van der Waals surface area contributed by atoms with Gasteiger partial charge in [0.15, 0.2) is 5.82 Å². The first kappa shape index (κ1) is 15.9. The Morgan fingerprint density at radius 1 is 1.43 bits per heavy atom. The maximum atomic E-state index is 12.4. The monoisotopic (exact) mass is 332 g/mol. The number of aromatic nitrogens is 4. The summed E-state index contributed by atoms with van der Waals surface area (Å²) in [6.07, 6.45) is 5.62. The summed E-state index contributed by atoms with van der Waals surface area (Å²) in [6, 6.07) is 3.46. The van der Waals surface area contributed by atoms with Crippen LogP contribution in [0.5, 0.6) is 0 Å². The fourth-order valence-electron chi connectivity index (χ4n) is 2.60. The van der Waals surface area contributed by atoms with E-state index < -0.39 is 0 Å². The van der Waals surface area contributed by atoms with E-state index in [0.717, 1.165) is 36.8 Å². The highest BCUT2D eigenvalue weighted by molar-refractivity contribution is 7.98. The molecular formula is C15H20N6OS. The number of aryl methyl sites for hydroxylation is 1. The standard InChI is InChI=1S/C15H20N6OS/c1-21-15(18-13(20-21)10-3-6-16-7-4-10)19-14(22)11-5-8-17-12(9-11)23-2/h5,8-10,16H,3-4,6-7H2,1-2H3,(H,18,19,20,22). The molecule has 0 unspecified atom stereocenters. The lowest BCUT2D eigenvalue weighted by molar-refractivity contribution is 0.102. The first-order valence-corrected chi connectivity index (χ1v) is 8.83. The van der Waals surface area contributed by atoms with E-state index in [-0.39, 0.29) is 5.91 Å². The van der Waals surface area contributed by atoms with Crippen LogP contribution in [-0.4, -0.2) is 45.0 Å². The summed E-state index contributed by atoms with van der Waals surface area (Å²) in [4.78, 5) is 21.1. The van der Waals surface area contributed by atoms with Crippen molar-refractivity contribution in [2.45, 2.75) is 23.8 Å². The molecule has 0 aromatic carbocycles. The van der Waals surface area contributed by atoms with E-state index in [1.807, 2.05) is 6.26 Å². The highest BCUT2D eigenvalue weighted by Gasteiger charge is 2.21. The number of hydrogen-bond acceptors (Lipinski definition) is 6. The molecule has 0 spiro atoms. The van der Waals surface area contributed by atoms with Gasteiger partial charge in [0, 0.05) is 24.7 Å². The van der Waals surface area contributed by atoms with Gasteiger partial charge in [-0.3, -0.25) is 10.1 Å². The van der Waals surface area contributed by atoms with Crippen LogP contribution >= 0.6 is 11.8 Å². The van der Waals surface area contributed by atoms with Crippen molar-refractivity contribution in [3.8, 4) is 0 Å². The third-order valence-electron chi connectivity index (χ3n) is 3.92. The molecule has 1 fully saturated rings. The summed E-state index contributed by atoms with van der Waals surface area (Å²) in [7, 11) is 1.80. The predicted molar refractivity (Wildman–Crippen MR) is 89.8 cm³/mol. The fraction of sp³-hybridized carbons (Fsp3) is 0.467. The van der Waals surface area contributed by atoms with Crippen molar-refractivity contribution in [3.63, 3.8) is 0 Å². The second-order valence-electron chi connectivity index (χ2n) is 5.48. The molecule has 0 radical (unpaired) electrons. The minimum Gasteiger partial charge on any atom is -0.317 e. The van der Waals surface area contributed by atoms with Gasteiger partial charge in [-0.1, -0.05) is 0 Å². The largest absolute Gasteiger partial charge is 0.317 e. The first-order chi connectivity index (χ1) is 11.2. The third-order valence-corrected chi connectivity index (χ3v) is 4.56. The molecule has 0 atom stereocenters. The van der Waals surface area contributed by atoms with Crippen LogP contribution in [-0.2, 0) is 7.05 Å². The number of thioether (sulfide) groups is 1. The second kappa shape index (κ2) is 7.10. The van der Waals surface area contributed by atoms with Crippen LogP contribution in [0.1, 0.15) is 34.9 Å². The first-order valence-electron chi connectivity index (χ1n) is 7.60. The van der Waals surface area contributed by atoms with Crippen LogP contribution in [0.3, 0.4) is 0 Å². The Bertz CT molecular complexity index is 695. The number of amides is 1. The number of piperidine rings is 1. The molecule has 2 aromatic heterocycles. The van der Waals surface area contributed by atoms with E-state index in [4.69, 9.17) is 0 Å². The highest BCUT2D eigenvalue weighted by atomic mass is 32.2. The Balaban J connectivity index is 1.74. The molecule has 3 heterocycles. The van der Waals surface area contributed by atoms with Crippen molar-refractivity contribution in [1.29, 1.82) is 0 Å². The number of carbonyl (C=O) groups excluding carboxylic acids is 1. The van der Waals surface area contributed by atoms with Crippen LogP contribution < -0.4 is 10.6 Å². The summed E-state index contributed by atoms with van der Waals surface area (Å²) in [5, 5.41) is 11.4. The molecule has 1 aliphatic heterocycles. The zero-order valence-electron chi connectivity index (χ0n) is 13.2. The van der Waals surface area contributed by atoms with Crippen LogP contribution in [0, 0.1) is 0 Å². The minimum absolute atomic E-state index is 0.199. The molecule has 8 heteroatoms. The molecule has 1 aliphatic rings. The van der Waals surface area contributed by atoms with Gasteiger partial charge in [-0.15, -0.1) is 11.8 Å². The second-order valence-corrected chi connectivity index (χ2v) is 6.31. The van der Waals surface area contributed by atoms with Crippen molar-refractivity contribution in [3.05, 3.63) is 29.7 Å². The summed E-state index contributed by atoms with van der Waals surface area (Å²) in [5.41, 5.74) is 0.566. The van der Waals surface area contributed by atoms with Crippen molar-refractivity contribution in [2.24, 2.45) is 7.05 Å². The molecule has 23 heavy (non-hydrogen) atoms. The number of anilines is 1. The average Bonchev–Trinajstić information content (AvgIpc) is 2.96. The summed E-state index contributed by atoms with van der Waals surface area (Å²) < 4.78 is 1.63. The van der Waals surface area contributed by atoms with Gasteiger partial charge >= 0.3 is 0 Å². The predicted octanol–water partition coefficient (Wildman–Crippen LogP) is 1.65. The molecular weight excluding hydrogens is 312 g/mol. The third kappa shape index (κ3) is 3.70. The molecule has 3 rings (SSSR count). The molecule has 2 N–H and O–H groups in total. The lowest BCUT2D eigenvalue weighted by Crippen LogP contribution is -2.27. The number of nitrogens with one attached hydrogen (secondary N) is 2. The number of nitrogens with zero attached hydrogens (tertiary/aromatic N) is 4. The molecule has 1 saturated heterocycles. The number of rotatable bonds is 4. The Morgan fingerprint density at radius 3 is 2.96 bits per heavy atom. The summed E-state index contributed by atoms with van der Waals surface area (Å²) in [6.45, 7) is 1.97. The molecule has 122 valence electrons. The highest BCUT2D eigenvalue weighted by Crippen LogP contribution is 2.23. The topological polar surface area (TPSA) is 84.7 Å². The minimum atomic E-state index is -0.199. The van der Waals surface area contributed by atoms with Crippen molar-refractivity contribution >= 4 is 23.6 Å². The Morgan fingerprint density at radius 2 is 2.22 bits per heavy atom. The van der Waals surface area contributed by atoms with E-state index in [0.29, 0.717) is 17.4 Å². The van der Waals surface area contributed by atoms with E-state index in [1.165, 1.54) is 11.8 Å². The zero-order chi connectivity index (χ0) is 16.2. The Hall–Kier alpha value is -1.93. The van der Waals surface area contributed by atoms with E-state index in [1.54, 1.807) is 30.1 Å². The smallest absolute Gasteiger partial charge is 0.258 e. The van der Waals surface area contributed by atoms with Gasteiger partial charge in [0.05, 0.1) is 5.03 Å². The normalized spacial score (nSPS) is 15.6. The van der Waals surface area contributed by atoms with Crippen LogP contribution in [0.2, 0.25) is 0 Å². The SMILES string of the molecule is CSc1cc(C(=O)Nc2nc(C3CCNCC3)nn2C)ccn1. The maximum Gasteiger partial charge on any atom is 0.258 e. The van der Waals surface area contributed by atoms with Gasteiger partial charge < -0.3 is 5.32 Å². The molecule has 0 aliphatic carbocycles. The molecule has 0 bridgehead atoms. The molecule has 7 nitrogen and oxygen atoms in total. The number of hydrogen-bond donors (Lipinski definition) is 2. The van der Waals surface area contributed by atoms with Crippen LogP contribution in [0.25, 0.3) is 0 Å². The molecule has 2 aromatic rings. The van der Waals surface area contributed by atoms with Crippen LogP contribution in [0.4, 0.5) is 5.95 Å². The average molecular weight is 332 g/mol. The van der Waals surface area contributed by atoms with Crippen molar-refractivity contribution in [2.75, 3.05) is 24.7 Å². The van der Waals surface area contributed by atoms with Crippen molar-refractivity contribution in [1.82, 2.24) is 25.1 Å². The van der Waals surface area contributed by atoms with Crippen molar-refractivity contribution < 1.29 is 4.79 Å². The van der Waals surface area contributed by atoms with E-state index in [9.17, 15) is 4.79 Å². The summed E-state index contributed by atoms with van der Waals surface area (Å²) >= 11 is 1.50. The molecule has 0 saturated carbocycles. The zero-order valence-corrected chi connectivity index (χ0v) is 14.1. The van der Waals surface area contributed by atoms with Gasteiger partial charge in [0.1, 0.15) is 0 Å². The van der Waals surface area contributed by atoms with Gasteiger partial charge in [0.25, 0.3) is 5.91 Å². The molecule has 1 amide bonds. The van der Waals surface area contributed by atoms with E-state index >= 15 is 0 Å². The maximum absolute atomic E-state index is 12.4. The number of carbonyl (C=O) groups is 1. The Labute approximate surface area is 139 Å². The Kier molecular flexibility index (Phi) is 4.92. The van der Waals surface area contributed by atoms with Crippen LogP contribution in [0.15, 0.2) is 23.4 Å². The fourth-order valence-corrected chi connectivity index (χ4v) is 3.01. The van der Waals surface area contributed by atoms with Gasteiger partial charge in [-0.05, 0) is 44.3 Å². The summed E-state index contributed by atoms with van der Waals surface area (Å²) in [5.74, 6) is 1.45. The lowest BCUT2D eigenvalue weighted by Gasteiger charge is -2.19. The van der Waals surface area contributed by atoms with Gasteiger partial charge in [0.2, 0.25) is 5.95 Å².